The molecule has 1 amide bonds. The van der Waals surface area contributed by atoms with Crippen molar-refractivity contribution in [3.8, 4) is 0 Å². The standard InChI is InChI=1S/C22H32N4O5/c27-21-26(16-20(30-21)15-25-13-6-19(7-14-25)31-22(28)29)18-4-11-24(12-5-18)10-3-17-1-8-23-9-2-17/h1-2,8-9,18-20H,3-7,10-16H2,(H,28,29). The van der Waals surface area contributed by atoms with Crippen molar-refractivity contribution in [1.29, 1.82) is 0 Å². The van der Waals surface area contributed by atoms with Crippen molar-refractivity contribution >= 4 is 12.2 Å². The van der Waals surface area contributed by atoms with Gasteiger partial charge in [0.25, 0.3) is 0 Å². The van der Waals surface area contributed by atoms with Crippen LogP contribution in [0.15, 0.2) is 24.5 Å². The highest BCUT2D eigenvalue weighted by Crippen LogP contribution is 2.24. The van der Waals surface area contributed by atoms with Gasteiger partial charge in [0.1, 0.15) is 12.2 Å². The Balaban J connectivity index is 1.17. The van der Waals surface area contributed by atoms with E-state index >= 15 is 0 Å². The number of likely N-dealkylation sites (tertiary alicyclic amines) is 2. The first-order valence-corrected chi connectivity index (χ1v) is 11.3. The molecular weight excluding hydrogens is 400 g/mol. The van der Waals surface area contributed by atoms with Crippen LogP contribution in [0.1, 0.15) is 31.2 Å². The van der Waals surface area contributed by atoms with E-state index < -0.39 is 6.16 Å². The summed E-state index contributed by atoms with van der Waals surface area (Å²) in [6, 6.07) is 4.38. The molecule has 31 heavy (non-hydrogen) atoms. The second-order valence-electron chi connectivity index (χ2n) is 8.72. The zero-order valence-corrected chi connectivity index (χ0v) is 17.9. The van der Waals surface area contributed by atoms with E-state index in [4.69, 9.17) is 14.6 Å². The molecule has 1 aromatic rings. The number of piperidine rings is 2. The Morgan fingerprint density at radius 3 is 2.45 bits per heavy atom. The Morgan fingerprint density at radius 2 is 1.77 bits per heavy atom. The van der Waals surface area contributed by atoms with Gasteiger partial charge in [-0.1, -0.05) is 0 Å². The number of carboxylic acid groups (broad SMARTS) is 1. The Labute approximate surface area is 182 Å². The number of carbonyl (C=O) groups is 2. The van der Waals surface area contributed by atoms with Gasteiger partial charge in [-0.15, -0.1) is 0 Å². The molecule has 0 saturated carbocycles. The summed E-state index contributed by atoms with van der Waals surface area (Å²) >= 11 is 0. The maximum atomic E-state index is 12.5. The number of ether oxygens (including phenoxy) is 2. The third-order valence-electron chi connectivity index (χ3n) is 6.63. The molecule has 1 aromatic heterocycles. The van der Waals surface area contributed by atoms with Crippen LogP contribution in [0.5, 0.6) is 0 Å². The summed E-state index contributed by atoms with van der Waals surface area (Å²) in [5, 5.41) is 8.74. The van der Waals surface area contributed by atoms with Gasteiger partial charge in [0.05, 0.1) is 6.54 Å². The largest absolute Gasteiger partial charge is 0.506 e. The number of rotatable bonds is 7. The van der Waals surface area contributed by atoms with Crippen LogP contribution in [0.4, 0.5) is 9.59 Å². The quantitative estimate of drug-likeness (QED) is 0.655. The lowest BCUT2D eigenvalue weighted by atomic mass is 10.0. The van der Waals surface area contributed by atoms with Crippen molar-refractivity contribution in [2.75, 3.05) is 45.8 Å². The van der Waals surface area contributed by atoms with Crippen LogP contribution < -0.4 is 0 Å². The fourth-order valence-corrected chi connectivity index (χ4v) is 4.87. The van der Waals surface area contributed by atoms with Crippen molar-refractivity contribution < 1.29 is 24.2 Å². The average molecular weight is 433 g/mol. The molecule has 9 heteroatoms. The highest BCUT2D eigenvalue weighted by Gasteiger charge is 2.38. The van der Waals surface area contributed by atoms with Crippen LogP contribution in [0.3, 0.4) is 0 Å². The summed E-state index contributed by atoms with van der Waals surface area (Å²) in [5.74, 6) is 0. The molecule has 0 aliphatic carbocycles. The first-order chi connectivity index (χ1) is 15.1. The van der Waals surface area contributed by atoms with Gasteiger partial charge in [0, 0.05) is 57.7 Å². The van der Waals surface area contributed by atoms with Gasteiger partial charge in [-0.05, 0) is 49.8 Å². The number of cyclic esters (lactones) is 1. The maximum absolute atomic E-state index is 12.5. The van der Waals surface area contributed by atoms with E-state index in [0.717, 1.165) is 52.0 Å². The number of amides is 1. The second-order valence-corrected chi connectivity index (χ2v) is 8.72. The minimum Gasteiger partial charge on any atom is -0.450 e. The molecule has 3 aliphatic heterocycles. The highest BCUT2D eigenvalue weighted by molar-refractivity contribution is 5.70. The highest BCUT2D eigenvalue weighted by atomic mass is 16.7. The molecule has 3 saturated heterocycles. The topological polar surface area (TPSA) is 95.4 Å². The van der Waals surface area contributed by atoms with E-state index in [0.29, 0.717) is 25.9 Å². The van der Waals surface area contributed by atoms with E-state index in [1.165, 1.54) is 5.56 Å². The Kier molecular flexibility index (Phi) is 7.24. The smallest absolute Gasteiger partial charge is 0.450 e. The SMILES string of the molecule is O=C(O)OC1CCN(CC2CN(C3CCN(CCc4ccncc4)CC3)C(=O)O2)CC1. The van der Waals surface area contributed by atoms with Gasteiger partial charge in [-0.25, -0.2) is 9.59 Å². The van der Waals surface area contributed by atoms with Crippen molar-refractivity contribution in [3.63, 3.8) is 0 Å². The zero-order valence-electron chi connectivity index (χ0n) is 17.9. The van der Waals surface area contributed by atoms with Crippen LogP contribution >= 0.6 is 0 Å². The number of nitrogens with zero attached hydrogens (tertiary/aromatic N) is 4. The fraction of sp³-hybridized carbons (Fsp3) is 0.682. The summed E-state index contributed by atoms with van der Waals surface area (Å²) in [5.41, 5.74) is 1.31. The molecule has 9 nitrogen and oxygen atoms in total. The molecule has 0 bridgehead atoms. The van der Waals surface area contributed by atoms with E-state index in [1.54, 1.807) is 0 Å². The third-order valence-corrected chi connectivity index (χ3v) is 6.63. The Hall–Kier alpha value is -2.39. The Bertz CT molecular complexity index is 733. The van der Waals surface area contributed by atoms with Gasteiger partial charge in [-0.2, -0.15) is 0 Å². The van der Waals surface area contributed by atoms with Gasteiger partial charge in [-0.3, -0.25) is 9.88 Å². The van der Waals surface area contributed by atoms with E-state index in [-0.39, 0.29) is 24.3 Å². The van der Waals surface area contributed by atoms with Crippen molar-refractivity contribution in [3.05, 3.63) is 30.1 Å². The molecule has 4 rings (SSSR count). The second kappa shape index (κ2) is 10.3. The monoisotopic (exact) mass is 432 g/mol. The number of hydrogen-bond acceptors (Lipinski definition) is 7. The first-order valence-electron chi connectivity index (χ1n) is 11.3. The van der Waals surface area contributed by atoms with E-state index in [9.17, 15) is 9.59 Å². The molecule has 3 aliphatic rings. The minimum absolute atomic E-state index is 0.117. The van der Waals surface area contributed by atoms with Crippen molar-refractivity contribution in [1.82, 2.24) is 19.7 Å². The lowest BCUT2D eigenvalue weighted by Crippen LogP contribution is -2.46. The van der Waals surface area contributed by atoms with Gasteiger partial charge >= 0.3 is 12.2 Å². The minimum atomic E-state index is -1.21. The average Bonchev–Trinajstić information content (AvgIpc) is 3.14. The first kappa shape index (κ1) is 21.8. The van der Waals surface area contributed by atoms with Gasteiger partial charge in [0.2, 0.25) is 0 Å². The van der Waals surface area contributed by atoms with Crippen LogP contribution in [0, 0.1) is 0 Å². The third kappa shape index (κ3) is 6.07. The maximum Gasteiger partial charge on any atom is 0.506 e. The predicted octanol–water partition coefficient (Wildman–Crippen LogP) is 2.07. The molecule has 1 atom stereocenters. The van der Waals surface area contributed by atoms with Crippen molar-refractivity contribution in [2.24, 2.45) is 0 Å². The molecule has 1 N–H and O–H groups in total. The van der Waals surface area contributed by atoms with E-state index in [2.05, 4.69) is 26.9 Å². The van der Waals surface area contributed by atoms with Crippen LogP contribution in [-0.2, 0) is 15.9 Å². The zero-order chi connectivity index (χ0) is 21.6. The number of aromatic nitrogens is 1. The summed E-state index contributed by atoms with van der Waals surface area (Å²) in [4.78, 5) is 33.8. The van der Waals surface area contributed by atoms with Crippen LogP contribution in [0.2, 0.25) is 0 Å². The number of hydrogen-bond donors (Lipinski definition) is 1. The predicted molar refractivity (Wildman–Crippen MR) is 113 cm³/mol. The molecule has 0 spiro atoms. The van der Waals surface area contributed by atoms with E-state index in [1.807, 2.05) is 17.3 Å². The summed E-state index contributed by atoms with van der Waals surface area (Å²) in [6.45, 7) is 5.91. The molecule has 0 radical (unpaired) electrons. The van der Waals surface area contributed by atoms with Gasteiger partial charge < -0.3 is 24.4 Å². The number of carbonyl (C=O) groups excluding carboxylic acids is 1. The fourth-order valence-electron chi connectivity index (χ4n) is 4.87. The lowest BCUT2D eigenvalue weighted by molar-refractivity contribution is 0.0125. The summed E-state index contributed by atoms with van der Waals surface area (Å²) < 4.78 is 10.5. The van der Waals surface area contributed by atoms with Crippen molar-refractivity contribution in [2.45, 2.75) is 50.4 Å². The van der Waals surface area contributed by atoms with Crippen LogP contribution in [-0.4, -0.2) is 101 Å². The Morgan fingerprint density at radius 1 is 1.10 bits per heavy atom. The molecule has 3 fully saturated rings. The molecule has 170 valence electrons. The van der Waals surface area contributed by atoms with Crippen LogP contribution in [0.25, 0.3) is 0 Å². The number of pyridine rings is 1. The lowest BCUT2D eigenvalue weighted by Gasteiger charge is -2.35. The molecule has 0 aromatic carbocycles. The summed E-state index contributed by atoms with van der Waals surface area (Å²) in [7, 11) is 0. The molecule has 4 heterocycles. The molecule has 1 unspecified atom stereocenters. The summed E-state index contributed by atoms with van der Waals surface area (Å²) in [6.07, 6.45) is 6.30. The molecular formula is C22H32N4O5. The normalized spacial score (nSPS) is 24.3. The van der Waals surface area contributed by atoms with Gasteiger partial charge in [0.15, 0.2) is 0 Å².